The Hall–Kier alpha value is -1.47. The Morgan fingerprint density at radius 1 is 1.69 bits per heavy atom. The lowest BCUT2D eigenvalue weighted by molar-refractivity contribution is -0.125. The second-order valence-electron chi connectivity index (χ2n) is 3.28. The van der Waals surface area contributed by atoms with Gasteiger partial charge in [0.1, 0.15) is 12.9 Å². The minimum absolute atomic E-state index is 0.0485. The molecule has 0 unspecified atom stereocenters. The molecule has 1 rings (SSSR count). The molecule has 0 saturated heterocycles. The quantitative estimate of drug-likeness (QED) is 0.550. The van der Waals surface area contributed by atoms with Gasteiger partial charge in [0.2, 0.25) is 5.91 Å². The van der Waals surface area contributed by atoms with Crippen molar-refractivity contribution in [1.29, 1.82) is 0 Å². The van der Waals surface area contributed by atoms with E-state index in [1.54, 1.807) is 18.1 Å². The van der Waals surface area contributed by atoms with E-state index >= 15 is 0 Å². The molecule has 0 aliphatic carbocycles. The summed E-state index contributed by atoms with van der Waals surface area (Å²) in [5.74, 6) is 0.565. The molecule has 0 atom stereocenters. The van der Waals surface area contributed by atoms with Crippen LogP contribution in [-0.4, -0.2) is 47.0 Å². The van der Waals surface area contributed by atoms with Crippen molar-refractivity contribution in [3.63, 3.8) is 0 Å². The first-order valence-electron chi connectivity index (χ1n) is 5.11. The highest BCUT2D eigenvalue weighted by molar-refractivity contribution is 5.77. The van der Waals surface area contributed by atoms with Crippen molar-refractivity contribution in [2.24, 2.45) is 12.8 Å². The summed E-state index contributed by atoms with van der Waals surface area (Å²) in [7, 11) is 1.80. The highest BCUT2D eigenvalue weighted by Gasteiger charge is 2.02. The number of carbonyl (C=O) groups is 1. The lowest BCUT2D eigenvalue weighted by atomic mass is 10.4. The molecular formula is C9H17N5O2. The standard InChI is InChI=1S/C9H17N5O2/c1-14-7-12-8(13-14)2-4-11-9(15)6-16-5-3-10/h7H,2-6,10H2,1H3,(H,11,15). The van der Waals surface area contributed by atoms with E-state index < -0.39 is 0 Å². The van der Waals surface area contributed by atoms with Crippen LogP contribution in [0, 0.1) is 0 Å². The van der Waals surface area contributed by atoms with E-state index in [0.717, 1.165) is 0 Å². The Labute approximate surface area is 94.0 Å². The van der Waals surface area contributed by atoms with Gasteiger partial charge in [0.05, 0.1) is 6.61 Å². The molecule has 1 aromatic rings. The van der Waals surface area contributed by atoms with Crippen LogP contribution < -0.4 is 11.1 Å². The number of aromatic nitrogens is 3. The van der Waals surface area contributed by atoms with Crippen LogP contribution in [0.25, 0.3) is 0 Å². The van der Waals surface area contributed by atoms with Gasteiger partial charge in [-0.2, -0.15) is 5.10 Å². The molecular weight excluding hydrogens is 210 g/mol. The maximum atomic E-state index is 11.2. The minimum atomic E-state index is -0.149. The molecule has 0 aliphatic heterocycles. The zero-order valence-electron chi connectivity index (χ0n) is 9.35. The van der Waals surface area contributed by atoms with Gasteiger partial charge >= 0.3 is 0 Å². The Morgan fingerprint density at radius 2 is 2.50 bits per heavy atom. The summed E-state index contributed by atoms with van der Waals surface area (Å²) in [6.07, 6.45) is 2.24. The maximum Gasteiger partial charge on any atom is 0.246 e. The Bertz CT molecular complexity index is 325. The second-order valence-corrected chi connectivity index (χ2v) is 3.28. The second kappa shape index (κ2) is 6.91. The number of nitrogens with one attached hydrogen (secondary N) is 1. The molecule has 7 nitrogen and oxygen atoms in total. The summed E-state index contributed by atoms with van der Waals surface area (Å²) < 4.78 is 6.61. The van der Waals surface area contributed by atoms with E-state index in [-0.39, 0.29) is 12.5 Å². The van der Waals surface area contributed by atoms with Gasteiger partial charge in [0, 0.05) is 26.6 Å². The predicted molar refractivity (Wildman–Crippen MR) is 57.6 cm³/mol. The lowest BCUT2D eigenvalue weighted by Crippen LogP contribution is -2.30. The zero-order valence-corrected chi connectivity index (χ0v) is 9.35. The fraction of sp³-hybridized carbons (Fsp3) is 0.667. The van der Waals surface area contributed by atoms with Crippen molar-refractivity contribution < 1.29 is 9.53 Å². The summed E-state index contributed by atoms with van der Waals surface area (Å²) in [6, 6.07) is 0. The number of hydrogen-bond acceptors (Lipinski definition) is 5. The lowest BCUT2D eigenvalue weighted by Gasteiger charge is -2.03. The average molecular weight is 227 g/mol. The van der Waals surface area contributed by atoms with Crippen LogP contribution in [0.2, 0.25) is 0 Å². The van der Waals surface area contributed by atoms with Crippen LogP contribution in [0.3, 0.4) is 0 Å². The van der Waals surface area contributed by atoms with Gasteiger partial charge in [0.25, 0.3) is 0 Å². The first-order chi connectivity index (χ1) is 7.72. The first kappa shape index (κ1) is 12.6. The van der Waals surface area contributed by atoms with E-state index in [1.165, 1.54) is 0 Å². The molecule has 0 aliphatic rings. The molecule has 0 aromatic carbocycles. The van der Waals surface area contributed by atoms with E-state index in [2.05, 4.69) is 15.4 Å². The molecule has 0 spiro atoms. The van der Waals surface area contributed by atoms with Crippen molar-refractivity contribution in [2.75, 3.05) is 26.3 Å². The number of carbonyl (C=O) groups excluding carboxylic acids is 1. The highest BCUT2D eigenvalue weighted by atomic mass is 16.5. The molecule has 1 amide bonds. The third-order valence-corrected chi connectivity index (χ3v) is 1.81. The van der Waals surface area contributed by atoms with Crippen molar-refractivity contribution in [3.8, 4) is 0 Å². The van der Waals surface area contributed by atoms with Gasteiger partial charge in [-0.05, 0) is 0 Å². The first-order valence-corrected chi connectivity index (χ1v) is 5.11. The van der Waals surface area contributed by atoms with E-state index in [1.807, 2.05) is 0 Å². The molecule has 0 radical (unpaired) electrons. The molecule has 7 heteroatoms. The fourth-order valence-electron chi connectivity index (χ4n) is 1.11. The van der Waals surface area contributed by atoms with Crippen LogP contribution in [0.1, 0.15) is 5.82 Å². The van der Waals surface area contributed by atoms with Crippen molar-refractivity contribution in [3.05, 3.63) is 12.2 Å². The van der Waals surface area contributed by atoms with Crippen molar-refractivity contribution >= 4 is 5.91 Å². The van der Waals surface area contributed by atoms with Gasteiger partial charge in [-0.1, -0.05) is 0 Å². The molecule has 1 heterocycles. The van der Waals surface area contributed by atoms with Crippen LogP contribution >= 0.6 is 0 Å². The third-order valence-electron chi connectivity index (χ3n) is 1.81. The number of hydrogen-bond donors (Lipinski definition) is 2. The Balaban J connectivity index is 2.08. The number of amides is 1. The van der Waals surface area contributed by atoms with E-state index in [4.69, 9.17) is 10.5 Å². The smallest absolute Gasteiger partial charge is 0.246 e. The summed E-state index contributed by atoms with van der Waals surface area (Å²) in [6.45, 7) is 1.38. The SMILES string of the molecule is Cn1cnc(CCNC(=O)COCCN)n1. The number of nitrogens with zero attached hydrogens (tertiary/aromatic N) is 3. The van der Waals surface area contributed by atoms with Crippen LogP contribution in [0.4, 0.5) is 0 Å². The topological polar surface area (TPSA) is 95.1 Å². The molecule has 3 N–H and O–H groups in total. The molecule has 1 aromatic heterocycles. The fourth-order valence-corrected chi connectivity index (χ4v) is 1.11. The highest BCUT2D eigenvalue weighted by Crippen LogP contribution is 1.88. The van der Waals surface area contributed by atoms with Gasteiger partial charge in [0.15, 0.2) is 5.82 Å². The monoisotopic (exact) mass is 227 g/mol. The summed E-state index contributed by atoms with van der Waals surface area (Å²) >= 11 is 0. The summed E-state index contributed by atoms with van der Waals surface area (Å²) in [4.78, 5) is 15.2. The number of aryl methyl sites for hydroxylation is 1. The van der Waals surface area contributed by atoms with Gasteiger partial charge < -0.3 is 15.8 Å². The predicted octanol–water partition coefficient (Wildman–Crippen LogP) is -1.55. The van der Waals surface area contributed by atoms with Crippen molar-refractivity contribution in [1.82, 2.24) is 20.1 Å². The van der Waals surface area contributed by atoms with E-state index in [0.29, 0.717) is 31.9 Å². The molecule has 0 fully saturated rings. The number of rotatable bonds is 7. The largest absolute Gasteiger partial charge is 0.370 e. The van der Waals surface area contributed by atoms with Gasteiger partial charge in [-0.3, -0.25) is 9.48 Å². The normalized spacial score (nSPS) is 10.4. The molecule has 16 heavy (non-hydrogen) atoms. The van der Waals surface area contributed by atoms with Gasteiger partial charge in [-0.25, -0.2) is 4.98 Å². The summed E-state index contributed by atoms with van der Waals surface area (Å²) in [5.41, 5.74) is 5.22. The van der Waals surface area contributed by atoms with Crippen LogP contribution in [0.5, 0.6) is 0 Å². The van der Waals surface area contributed by atoms with Crippen LogP contribution in [0.15, 0.2) is 6.33 Å². The number of nitrogens with two attached hydrogens (primary N) is 1. The van der Waals surface area contributed by atoms with Gasteiger partial charge in [-0.15, -0.1) is 0 Å². The minimum Gasteiger partial charge on any atom is -0.370 e. The third kappa shape index (κ3) is 4.85. The Morgan fingerprint density at radius 3 is 3.12 bits per heavy atom. The number of ether oxygens (including phenoxy) is 1. The van der Waals surface area contributed by atoms with Crippen molar-refractivity contribution in [2.45, 2.75) is 6.42 Å². The van der Waals surface area contributed by atoms with E-state index in [9.17, 15) is 4.79 Å². The summed E-state index contributed by atoms with van der Waals surface area (Å²) in [5, 5.41) is 6.79. The Kier molecular flexibility index (Phi) is 5.44. The molecule has 0 bridgehead atoms. The zero-order chi connectivity index (χ0) is 11.8. The molecule has 90 valence electrons. The van der Waals surface area contributed by atoms with Crippen LogP contribution in [-0.2, 0) is 23.0 Å². The molecule has 0 saturated carbocycles. The average Bonchev–Trinajstić information content (AvgIpc) is 2.65. The maximum absolute atomic E-state index is 11.2.